The maximum atomic E-state index is 5.84. The van der Waals surface area contributed by atoms with E-state index < -0.39 is 0 Å². The Bertz CT molecular complexity index is 289. The van der Waals surface area contributed by atoms with Crippen LogP contribution < -0.4 is 5.32 Å². The van der Waals surface area contributed by atoms with Crippen LogP contribution in [-0.2, 0) is 4.74 Å². The fraction of sp³-hybridized carbons (Fsp3) is 0.571. The average Bonchev–Trinajstić information content (AvgIpc) is 2.24. The van der Waals surface area contributed by atoms with Gasteiger partial charge in [0.15, 0.2) is 0 Å². The third kappa shape index (κ3) is 4.77. The first-order valence-electron chi connectivity index (χ1n) is 5.95. The summed E-state index contributed by atoms with van der Waals surface area (Å²) < 4.78 is 5.84. The first kappa shape index (κ1) is 13.2. The van der Waals surface area contributed by atoms with Crippen LogP contribution in [0.5, 0.6) is 0 Å². The van der Waals surface area contributed by atoms with Gasteiger partial charge in [0.2, 0.25) is 0 Å². The normalized spacial score (nSPS) is 13.8. The fourth-order valence-corrected chi connectivity index (χ4v) is 1.54. The molecule has 0 saturated carbocycles. The predicted octanol–water partition coefficient (Wildman–Crippen LogP) is 3.15. The van der Waals surface area contributed by atoms with Crippen molar-refractivity contribution in [2.75, 3.05) is 13.2 Å². The van der Waals surface area contributed by atoms with E-state index in [1.165, 1.54) is 5.56 Å². The minimum Gasteiger partial charge on any atom is -0.374 e. The molecule has 2 heteroatoms. The average molecular weight is 221 g/mol. The van der Waals surface area contributed by atoms with Crippen molar-refractivity contribution in [1.82, 2.24) is 5.32 Å². The van der Waals surface area contributed by atoms with Crippen LogP contribution in [0.15, 0.2) is 30.3 Å². The van der Waals surface area contributed by atoms with Gasteiger partial charge in [-0.3, -0.25) is 0 Å². The molecule has 2 nitrogen and oxygen atoms in total. The molecule has 0 radical (unpaired) electrons. The van der Waals surface area contributed by atoms with Gasteiger partial charge in [-0.15, -0.1) is 0 Å². The highest BCUT2D eigenvalue weighted by molar-refractivity contribution is 5.18. The Morgan fingerprint density at radius 2 is 1.81 bits per heavy atom. The monoisotopic (exact) mass is 221 g/mol. The standard InChI is InChI=1S/C14H23NO/c1-5-15-13(11-16-14(2,3)4)12-9-7-6-8-10-12/h6-10,13,15H,5,11H2,1-4H3. The summed E-state index contributed by atoms with van der Waals surface area (Å²) in [6.07, 6.45) is 0. The summed E-state index contributed by atoms with van der Waals surface area (Å²) in [5.74, 6) is 0. The van der Waals surface area contributed by atoms with Crippen molar-refractivity contribution in [2.45, 2.75) is 39.3 Å². The van der Waals surface area contributed by atoms with Crippen molar-refractivity contribution in [3.05, 3.63) is 35.9 Å². The van der Waals surface area contributed by atoms with Crippen LogP contribution in [-0.4, -0.2) is 18.8 Å². The molecule has 0 aliphatic heterocycles. The summed E-state index contributed by atoms with van der Waals surface area (Å²) in [7, 11) is 0. The maximum Gasteiger partial charge on any atom is 0.0668 e. The van der Waals surface area contributed by atoms with Gasteiger partial charge in [-0.2, -0.15) is 0 Å². The Balaban J connectivity index is 2.61. The molecule has 0 fully saturated rings. The fourth-order valence-electron chi connectivity index (χ4n) is 1.54. The van der Waals surface area contributed by atoms with E-state index in [0.717, 1.165) is 6.54 Å². The van der Waals surface area contributed by atoms with Crippen LogP contribution in [0, 0.1) is 0 Å². The lowest BCUT2D eigenvalue weighted by Crippen LogP contribution is -2.30. The number of hydrogen-bond donors (Lipinski definition) is 1. The smallest absolute Gasteiger partial charge is 0.0668 e. The largest absolute Gasteiger partial charge is 0.374 e. The molecule has 90 valence electrons. The van der Waals surface area contributed by atoms with Gasteiger partial charge in [0.1, 0.15) is 0 Å². The van der Waals surface area contributed by atoms with Gasteiger partial charge >= 0.3 is 0 Å². The van der Waals surface area contributed by atoms with E-state index in [0.29, 0.717) is 6.61 Å². The van der Waals surface area contributed by atoms with E-state index in [4.69, 9.17) is 4.74 Å². The molecular formula is C14H23NO. The van der Waals surface area contributed by atoms with E-state index in [2.05, 4.69) is 57.3 Å². The predicted molar refractivity (Wildman–Crippen MR) is 68.6 cm³/mol. The molecule has 1 unspecified atom stereocenters. The van der Waals surface area contributed by atoms with Crippen LogP contribution in [0.3, 0.4) is 0 Å². The molecule has 0 aromatic heterocycles. The lowest BCUT2D eigenvalue weighted by Gasteiger charge is -2.25. The Morgan fingerprint density at radius 3 is 2.31 bits per heavy atom. The van der Waals surface area contributed by atoms with E-state index in [1.54, 1.807) is 0 Å². The summed E-state index contributed by atoms with van der Waals surface area (Å²) in [5, 5.41) is 3.45. The lowest BCUT2D eigenvalue weighted by atomic mass is 10.1. The first-order valence-corrected chi connectivity index (χ1v) is 5.95. The van der Waals surface area contributed by atoms with Gasteiger partial charge in [-0.25, -0.2) is 0 Å². The molecule has 0 amide bonds. The van der Waals surface area contributed by atoms with E-state index in [-0.39, 0.29) is 11.6 Å². The summed E-state index contributed by atoms with van der Waals surface area (Å²) in [5.41, 5.74) is 1.20. The second kappa shape index (κ2) is 6.02. The molecule has 1 aromatic carbocycles. The number of likely N-dealkylation sites (N-methyl/N-ethyl adjacent to an activating group) is 1. The lowest BCUT2D eigenvalue weighted by molar-refractivity contribution is -0.0146. The summed E-state index contributed by atoms with van der Waals surface area (Å²) >= 11 is 0. The molecule has 1 N–H and O–H groups in total. The van der Waals surface area contributed by atoms with Crippen molar-refractivity contribution in [3.63, 3.8) is 0 Å². The molecule has 0 bridgehead atoms. The molecular weight excluding hydrogens is 198 g/mol. The van der Waals surface area contributed by atoms with Crippen LogP contribution in [0.2, 0.25) is 0 Å². The molecule has 0 heterocycles. The van der Waals surface area contributed by atoms with Crippen molar-refractivity contribution in [2.24, 2.45) is 0 Å². The van der Waals surface area contributed by atoms with Crippen molar-refractivity contribution < 1.29 is 4.74 Å². The molecule has 16 heavy (non-hydrogen) atoms. The Labute approximate surface area is 99.0 Å². The van der Waals surface area contributed by atoms with Gasteiger partial charge in [-0.1, -0.05) is 37.3 Å². The first-order chi connectivity index (χ1) is 7.53. The molecule has 0 saturated heterocycles. The van der Waals surface area contributed by atoms with Crippen LogP contribution in [0.1, 0.15) is 39.3 Å². The highest BCUT2D eigenvalue weighted by atomic mass is 16.5. The zero-order chi connectivity index (χ0) is 12.0. The highest BCUT2D eigenvalue weighted by Crippen LogP contribution is 2.16. The van der Waals surface area contributed by atoms with Gasteiger partial charge in [-0.05, 0) is 32.9 Å². The molecule has 0 aliphatic rings. The minimum absolute atomic E-state index is 0.0809. The van der Waals surface area contributed by atoms with Crippen molar-refractivity contribution in [1.29, 1.82) is 0 Å². The van der Waals surface area contributed by atoms with Crippen molar-refractivity contribution in [3.8, 4) is 0 Å². The second-order valence-corrected chi connectivity index (χ2v) is 4.94. The van der Waals surface area contributed by atoms with Crippen LogP contribution in [0.4, 0.5) is 0 Å². The summed E-state index contributed by atoms with van der Waals surface area (Å²) in [6.45, 7) is 10.0. The quantitative estimate of drug-likeness (QED) is 0.824. The molecule has 1 atom stereocenters. The molecule has 0 spiro atoms. The number of nitrogens with one attached hydrogen (secondary N) is 1. The van der Waals surface area contributed by atoms with Gasteiger partial charge in [0.05, 0.1) is 18.2 Å². The number of rotatable bonds is 5. The SMILES string of the molecule is CCNC(COC(C)(C)C)c1ccccc1. The van der Waals surface area contributed by atoms with Crippen LogP contribution in [0.25, 0.3) is 0 Å². The molecule has 0 aliphatic carbocycles. The minimum atomic E-state index is -0.0809. The maximum absolute atomic E-state index is 5.84. The zero-order valence-corrected chi connectivity index (χ0v) is 10.8. The second-order valence-electron chi connectivity index (χ2n) is 4.94. The Kier molecular flexibility index (Phi) is 4.97. The van der Waals surface area contributed by atoms with Crippen molar-refractivity contribution >= 4 is 0 Å². The van der Waals surface area contributed by atoms with E-state index >= 15 is 0 Å². The van der Waals surface area contributed by atoms with Crippen LogP contribution >= 0.6 is 0 Å². The van der Waals surface area contributed by atoms with E-state index in [1.807, 2.05) is 6.07 Å². The summed E-state index contributed by atoms with van der Waals surface area (Å²) in [4.78, 5) is 0. The zero-order valence-electron chi connectivity index (χ0n) is 10.8. The molecule has 1 aromatic rings. The Hall–Kier alpha value is -0.860. The van der Waals surface area contributed by atoms with E-state index in [9.17, 15) is 0 Å². The van der Waals surface area contributed by atoms with Gasteiger partial charge in [0.25, 0.3) is 0 Å². The number of hydrogen-bond acceptors (Lipinski definition) is 2. The van der Waals surface area contributed by atoms with Gasteiger partial charge < -0.3 is 10.1 Å². The Morgan fingerprint density at radius 1 is 1.19 bits per heavy atom. The number of benzene rings is 1. The van der Waals surface area contributed by atoms with Gasteiger partial charge in [0, 0.05) is 0 Å². The molecule has 1 rings (SSSR count). The number of ether oxygens (including phenoxy) is 1. The highest BCUT2D eigenvalue weighted by Gasteiger charge is 2.15. The third-order valence-electron chi connectivity index (χ3n) is 2.34. The topological polar surface area (TPSA) is 21.3 Å². The third-order valence-corrected chi connectivity index (χ3v) is 2.34. The summed E-state index contributed by atoms with van der Waals surface area (Å²) in [6, 6.07) is 10.7.